The number of aromatic nitrogens is 2. The van der Waals surface area contributed by atoms with E-state index in [0.29, 0.717) is 5.92 Å². The van der Waals surface area contributed by atoms with Crippen molar-refractivity contribution >= 4 is 11.8 Å². The Balaban J connectivity index is 1.93. The zero-order chi connectivity index (χ0) is 10.5. The maximum absolute atomic E-state index is 5.21. The van der Waals surface area contributed by atoms with Crippen molar-refractivity contribution in [1.29, 1.82) is 0 Å². The Morgan fingerprint density at radius 1 is 1.60 bits per heavy atom. The van der Waals surface area contributed by atoms with Gasteiger partial charge < -0.3 is 9.84 Å². The lowest BCUT2D eigenvalue weighted by Gasteiger charge is -2.17. The predicted molar refractivity (Wildman–Crippen MR) is 61.2 cm³/mol. The van der Waals surface area contributed by atoms with E-state index in [1.54, 1.807) is 0 Å². The summed E-state index contributed by atoms with van der Waals surface area (Å²) in [5.41, 5.74) is 0. The molecule has 15 heavy (non-hydrogen) atoms. The van der Waals surface area contributed by atoms with Crippen molar-refractivity contribution in [3.8, 4) is 0 Å². The molecule has 84 valence electrons. The Morgan fingerprint density at radius 3 is 3.27 bits per heavy atom. The minimum atomic E-state index is 0.510. The van der Waals surface area contributed by atoms with Gasteiger partial charge in [-0.1, -0.05) is 5.16 Å². The third-order valence-corrected chi connectivity index (χ3v) is 3.81. The van der Waals surface area contributed by atoms with Gasteiger partial charge in [0.25, 0.3) is 0 Å². The van der Waals surface area contributed by atoms with Crippen LogP contribution in [0, 0.1) is 0 Å². The Morgan fingerprint density at radius 2 is 2.53 bits per heavy atom. The first-order chi connectivity index (χ1) is 7.40. The summed E-state index contributed by atoms with van der Waals surface area (Å²) in [7, 11) is 1.93. The van der Waals surface area contributed by atoms with E-state index in [1.165, 1.54) is 18.6 Å². The van der Waals surface area contributed by atoms with Gasteiger partial charge in [-0.3, -0.25) is 0 Å². The van der Waals surface area contributed by atoms with E-state index in [0.717, 1.165) is 30.4 Å². The van der Waals surface area contributed by atoms with E-state index >= 15 is 0 Å². The molecule has 2 heterocycles. The second-order valence-electron chi connectivity index (χ2n) is 3.81. The van der Waals surface area contributed by atoms with Gasteiger partial charge in [-0.2, -0.15) is 16.7 Å². The Bertz CT molecular complexity index is 297. The molecule has 0 bridgehead atoms. The van der Waals surface area contributed by atoms with Gasteiger partial charge in [0.15, 0.2) is 5.82 Å². The summed E-state index contributed by atoms with van der Waals surface area (Å²) in [6.45, 7) is 0.890. The van der Waals surface area contributed by atoms with Crippen LogP contribution in [0.25, 0.3) is 0 Å². The van der Waals surface area contributed by atoms with Crippen LogP contribution >= 0.6 is 11.8 Å². The smallest absolute Gasteiger partial charge is 0.227 e. The standard InChI is InChI=1S/C10H17N3OS/c1-11-5-4-9-12-10(13-14-9)8-3-2-6-15-7-8/h8,11H,2-7H2,1H3. The molecule has 2 rings (SSSR count). The molecule has 1 saturated heterocycles. The fourth-order valence-corrected chi connectivity index (χ4v) is 2.85. The molecule has 1 fully saturated rings. The van der Waals surface area contributed by atoms with Crippen molar-refractivity contribution in [3.05, 3.63) is 11.7 Å². The molecule has 1 aromatic rings. The van der Waals surface area contributed by atoms with Gasteiger partial charge in [-0.15, -0.1) is 0 Å². The summed E-state index contributed by atoms with van der Waals surface area (Å²) in [4.78, 5) is 4.44. The minimum Gasteiger partial charge on any atom is -0.339 e. The Hall–Kier alpha value is -0.550. The molecule has 1 N–H and O–H groups in total. The molecule has 0 radical (unpaired) electrons. The summed E-state index contributed by atoms with van der Waals surface area (Å²) in [5.74, 6) is 4.60. The lowest BCUT2D eigenvalue weighted by atomic mass is 10.1. The monoisotopic (exact) mass is 227 g/mol. The maximum Gasteiger partial charge on any atom is 0.227 e. The highest BCUT2D eigenvalue weighted by Crippen LogP contribution is 2.29. The van der Waals surface area contributed by atoms with E-state index in [2.05, 4.69) is 15.5 Å². The van der Waals surface area contributed by atoms with Crippen LogP contribution in [0.2, 0.25) is 0 Å². The van der Waals surface area contributed by atoms with Gasteiger partial charge in [0, 0.05) is 24.6 Å². The van der Waals surface area contributed by atoms with Gasteiger partial charge in [0.1, 0.15) is 0 Å². The van der Waals surface area contributed by atoms with Crippen molar-refractivity contribution in [2.75, 3.05) is 25.1 Å². The van der Waals surface area contributed by atoms with E-state index in [1.807, 2.05) is 18.8 Å². The van der Waals surface area contributed by atoms with Crippen molar-refractivity contribution < 1.29 is 4.52 Å². The molecule has 0 aromatic carbocycles. The van der Waals surface area contributed by atoms with Crippen molar-refractivity contribution in [1.82, 2.24) is 15.5 Å². The first kappa shape index (κ1) is 11.0. The summed E-state index contributed by atoms with van der Waals surface area (Å²) in [5, 5.41) is 7.14. The molecule has 4 nitrogen and oxygen atoms in total. The first-order valence-corrected chi connectivity index (χ1v) is 6.60. The molecular weight excluding hydrogens is 210 g/mol. The van der Waals surface area contributed by atoms with Gasteiger partial charge in [-0.25, -0.2) is 0 Å². The molecule has 0 spiro atoms. The molecule has 1 unspecified atom stereocenters. The zero-order valence-corrected chi connectivity index (χ0v) is 9.85. The van der Waals surface area contributed by atoms with Crippen molar-refractivity contribution in [2.24, 2.45) is 0 Å². The van der Waals surface area contributed by atoms with E-state index in [9.17, 15) is 0 Å². The third-order valence-electron chi connectivity index (χ3n) is 2.60. The maximum atomic E-state index is 5.21. The number of likely N-dealkylation sites (N-methyl/N-ethyl adjacent to an activating group) is 1. The van der Waals surface area contributed by atoms with Crippen molar-refractivity contribution in [3.63, 3.8) is 0 Å². The quantitative estimate of drug-likeness (QED) is 0.843. The summed E-state index contributed by atoms with van der Waals surface area (Å²) in [6, 6.07) is 0. The molecular formula is C10H17N3OS. The Kier molecular flexibility index (Phi) is 4.02. The van der Waals surface area contributed by atoms with Gasteiger partial charge in [0.2, 0.25) is 5.89 Å². The third kappa shape index (κ3) is 2.95. The molecule has 0 amide bonds. The van der Waals surface area contributed by atoms with Crippen LogP contribution in [0.3, 0.4) is 0 Å². The molecule has 0 saturated carbocycles. The molecule has 1 aromatic heterocycles. The fraction of sp³-hybridized carbons (Fsp3) is 0.800. The number of nitrogens with zero attached hydrogens (tertiary/aromatic N) is 2. The highest BCUT2D eigenvalue weighted by Gasteiger charge is 2.20. The topological polar surface area (TPSA) is 51.0 Å². The predicted octanol–water partition coefficient (Wildman–Crippen LogP) is 1.44. The second kappa shape index (κ2) is 5.51. The van der Waals surface area contributed by atoms with E-state index in [4.69, 9.17) is 4.52 Å². The second-order valence-corrected chi connectivity index (χ2v) is 4.96. The SMILES string of the molecule is CNCCc1nc(C2CCCSC2)no1. The van der Waals surface area contributed by atoms with Gasteiger partial charge >= 0.3 is 0 Å². The average molecular weight is 227 g/mol. The van der Waals surface area contributed by atoms with Crippen LogP contribution in [-0.2, 0) is 6.42 Å². The summed E-state index contributed by atoms with van der Waals surface area (Å²) in [6.07, 6.45) is 3.30. The minimum absolute atomic E-state index is 0.510. The van der Waals surface area contributed by atoms with Crippen LogP contribution in [0.1, 0.15) is 30.5 Å². The largest absolute Gasteiger partial charge is 0.339 e. The normalized spacial score (nSPS) is 21.8. The molecule has 5 heteroatoms. The fourth-order valence-electron chi connectivity index (χ4n) is 1.71. The number of rotatable bonds is 4. The summed E-state index contributed by atoms with van der Waals surface area (Å²) < 4.78 is 5.21. The Labute approximate surface area is 94.2 Å². The summed E-state index contributed by atoms with van der Waals surface area (Å²) >= 11 is 1.99. The van der Waals surface area contributed by atoms with Gasteiger partial charge in [-0.05, 0) is 25.6 Å². The number of nitrogens with one attached hydrogen (secondary N) is 1. The van der Waals surface area contributed by atoms with Crippen LogP contribution in [-0.4, -0.2) is 35.2 Å². The zero-order valence-electron chi connectivity index (χ0n) is 9.03. The van der Waals surface area contributed by atoms with Gasteiger partial charge in [0.05, 0.1) is 0 Å². The molecule has 0 aliphatic carbocycles. The van der Waals surface area contributed by atoms with Crippen molar-refractivity contribution in [2.45, 2.75) is 25.2 Å². The van der Waals surface area contributed by atoms with Crippen LogP contribution in [0.4, 0.5) is 0 Å². The lowest BCUT2D eigenvalue weighted by molar-refractivity contribution is 0.368. The highest BCUT2D eigenvalue weighted by molar-refractivity contribution is 7.99. The molecule has 1 aliphatic rings. The average Bonchev–Trinajstić information content (AvgIpc) is 2.76. The number of hydrogen-bond donors (Lipinski definition) is 1. The molecule has 1 atom stereocenters. The highest BCUT2D eigenvalue weighted by atomic mass is 32.2. The van der Waals surface area contributed by atoms with Crippen LogP contribution in [0.15, 0.2) is 4.52 Å². The van der Waals surface area contributed by atoms with E-state index in [-0.39, 0.29) is 0 Å². The molecule has 1 aliphatic heterocycles. The lowest BCUT2D eigenvalue weighted by Crippen LogP contribution is -2.12. The first-order valence-electron chi connectivity index (χ1n) is 5.45. The van der Waals surface area contributed by atoms with Crippen LogP contribution in [0.5, 0.6) is 0 Å². The number of thioether (sulfide) groups is 1. The van der Waals surface area contributed by atoms with E-state index < -0.39 is 0 Å². The number of hydrogen-bond acceptors (Lipinski definition) is 5. The van der Waals surface area contributed by atoms with Crippen LogP contribution < -0.4 is 5.32 Å².